The molecule has 2 aliphatic heterocycles. The van der Waals surface area contributed by atoms with Crippen LogP contribution in [0, 0.1) is 0 Å². The predicted octanol–water partition coefficient (Wildman–Crippen LogP) is 3.04. The third kappa shape index (κ3) is 6.27. The molecule has 0 aliphatic carbocycles. The molecule has 39 heavy (non-hydrogen) atoms. The van der Waals surface area contributed by atoms with Gasteiger partial charge in [0.05, 0.1) is 29.8 Å². The van der Waals surface area contributed by atoms with Gasteiger partial charge in [0.15, 0.2) is 5.54 Å². The first-order valence-electron chi connectivity index (χ1n) is 11.9. The number of pyridine rings is 1. The second-order valence-corrected chi connectivity index (χ2v) is 9.29. The molecule has 1 saturated heterocycles. The summed E-state index contributed by atoms with van der Waals surface area (Å²) in [7, 11) is 3.58. The Hall–Kier alpha value is -3.40. The van der Waals surface area contributed by atoms with Crippen LogP contribution < -0.4 is 36.9 Å². The number of hydrogen-bond acceptors (Lipinski definition) is 8. The summed E-state index contributed by atoms with van der Waals surface area (Å²) in [5.41, 5.74) is 8.51. The highest BCUT2D eigenvalue weighted by Crippen LogP contribution is 2.48. The average Bonchev–Trinajstić information content (AvgIpc) is 3.40. The van der Waals surface area contributed by atoms with Crippen molar-refractivity contribution in [3.8, 4) is 5.75 Å². The lowest BCUT2D eigenvalue weighted by molar-refractivity contribution is -0.202. The molecule has 1 aromatic heterocycles. The van der Waals surface area contributed by atoms with Crippen LogP contribution in [-0.2, 0) is 10.3 Å². The number of anilines is 1. The Morgan fingerprint density at radius 2 is 1.69 bits per heavy atom. The van der Waals surface area contributed by atoms with Gasteiger partial charge in [-0.05, 0) is 41.8 Å². The van der Waals surface area contributed by atoms with Crippen molar-refractivity contribution >= 4 is 17.2 Å². The normalized spacial score (nSPS) is 20.8. The zero-order chi connectivity index (χ0) is 28.4. The van der Waals surface area contributed by atoms with Crippen molar-refractivity contribution < 1.29 is 35.9 Å². The summed E-state index contributed by atoms with van der Waals surface area (Å²) >= 11 is 0. The summed E-state index contributed by atoms with van der Waals surface area (Å²) in [5, 5.41) is 2.17. The van der Waals surface area contributed by atoms with Crippen LogP contribution in [0.3, 0.4) is 0 Å². The maximum absolute atomic E-state index is 14.8. The number of nitrogens with one attached hydrogen (secondary N) is 5. The Labute approximate surface area is 219 Å². The molecule has 0 radical (unpaired) electrons. The van der Waals surface area contributed by atoms with Gasteiger partial charge < -0.3 is 15.0 Å². The van der Waals surface area contributed by atoms with E-state index in [4.69, 9.17) is 4.74 Å². The fraction of sp³-hybridized carbons (Fsp3) is 0.417. The minimum Gasteiger partial charge on any atom is -0.494 e. The van der Waals surface area contributed by atoms with Crippen molar-refractivity contribution in [3.05, 3.63) is 59.4 Å². The van der Waals surface area contributed by atoms with E-state index in [1.54, 1.807) is 31.1 Å². The Bertz CT molecular complexity index is 1190. The molecule has 1 amide bonds. The minimum atomic E-state index is -4.93. The number of halogens is 6. The van der Waals surface area contributed by atoms with Crippen LogP contribution in [0.25, 0.3) is 5.57 Å². The number of carbonyl (C=O) groups is 1. The SMILES string of the molecule is CN(C)c1ccc(C2=C(C3NNNN3)C(=O)N[C@@](c3ccc(OCCCC(F)(F)F)cc3)(C(F)(F)F)C2)nc1. The molecule has 2 aliphatic rings. The summed E-state index contributed by atoms with van der Waals surface area (Å²) in [4.78, 5) is 19.5. The molecule has 9 nitrogen and oxygen atoms in total. The number of rotatable bonds is 8. The lowest BCUT2D eigenvalue weighted by Crippen LogP contribution is -2.60. The molecule has 0 bridgehead atoms. The smallest absolute Gasteiger partial charge is 0.416 e. The van der Waals surface area contributed by atoms with Crippen LogP contribution in [0.2, 0.25) is 0 Å². The van der Waals surface area contributed by atoms with Crippen LogP contribution in [0.15, 0.2) is 48.2 Å². The summed E-state index contributed by atoms with van der Waals surface area (Å²) < 4.78 is 86.8. The summed E-state index contributed by atoms with van der Waals surface area (Å²) in [6.07, 6.45) is -10.6. The molecule has 0 saturated carbocycles. The topological polar surface area (TPSA) is 103 Å². The molecule has 212 valence electrons. The molecule has 4 rings (SSSR count). The highest BCUT2D eigenvalue weighted by molar-refractivity contribution is 6.04. The van der Waals surface area contributed by atoms with Gasteiger partial charge in [0.2, 0.25) is 0 Å². The van der Waals surface area contributed by atoms with E-state index in [-0.39, 0.29) is 41.2 Å². The summed E-state index contributed by atoms with van der Waals surface area (Å²) in [6, 6.07) is 8.00. The molecule has 1 aromatic carbocycles. The van der Waals surface area contributed by atoms with Crippen molar-refractivity contribution in [1.82, 2.24) is 32.2 Å². The quantitative estimate of drug-likeness (QED) is 0.249. The van der Waals surface area contributed by atoms with E-state index < -0.39 is 42.8 Å². The molecule has 1 atom stereocenters. The fourth-order valence-electron chi connectivity index (χ4n) is 4.37. The lowest BCUT2D eigenvalue weighted by atomic mass is 9.77. The largest absolute Gasteiger partial charge is 0.494 e. The Kier molecular flexibility index (Phi) is 8.07. The maximum atomic E-state index is 14.8. The number of carbonyl (C=O) groups excluding carboxylic acids is 1. The van der Waals surface area contributed by atoms with Gasteiger partial charge in [0.25, 0.3) is 5.91 Å². The van der Waals surface area contributed by atoms with E-state index in [2.05, 4.69) is 32.2 Å². The molecule has 5 N–H and O–H groups in total. The molecule has 15 heteroatoms. The first-order chi connectivity index (χ1) is 18.3. The maximum Gasteiger partial charge on any atom is 0.416 e. The Morgan fingerprint density at radius 1 is 1.03 bits per heavy atom. The van der Waals surface area contributed by atoms with Crippen molar-refractivity contribution in [2.24, 2.45) is 0 Å². The van der Waals surface area contributed by atoms with Crippen LogP contribution >= 0.6 is 0 Å². The predicted molar refractivity (Wildman–Crippen MR) is 130 cm³/mol. The van der Waals surface area contributed by atoms with Gasteiger partial charge in [-0.25, -0.2) is 10.9 Å². The molecule has 0 unspecified atom stereocenters. The number of ether oxygens (including phenoxy) is 1. The van der Waals surface area contributed by atoms with E-state index in [1.807, 2.05) is 0 Å². The second-order valence-electron chi connectivity index (χ2n) is 9.29. The van der Waals surface area contributed by atoms with Gasteiger partial charge in [0.1, 0.15) is 11.9 Å². The summed E-state index contributed by atoms with van der Waals surface area (Å²) in [5.74, 6) is -0.857. The number of hydrogen-bond donors (Lipinski definition) is 5. The van der Waals surface area contributed by atoms with Crippen LogP contribution in [0.5, 0.6) is 5.75 Å². The second kappa shape index (κ2) is 11.0. The zero-order valence-electron chi connectivity index (χ0n) is 20.9. The van der Waals surface area contributed by atoms with Crippen LogP contribution in [0.1, 0.15) is 30.5 Å². The van der Waals surface area contributed by atoms with E-state index in [1.165, 1.54) is 18.3 Å². The number of alkyl halides is 6. The van der Waals surface area contributed by atoms with Crippen LogP contribution in [-0.4, -0.2) is 50.1 Å². The number of nitrogens with zero attached hydrogens (tertiary/aromatic N) is 2. The van der Waals surface area contributed by atoms with E-state index in [0.29, 0.717) is 0 Å². The zero-order valence-corrected chi connectivity index (χ0v) is 20.9. The van der Waals surface area contributed by atoms with E-state index in [9.17, 15) is 31.1 Å². The number of amides is 1. The Balaban J connectivity index is 1.69. The van der Waals surface area contributed by atoms with Gasteiger partial charge >= 0.3 is 12.4 Å². The third-order valence-electron chi connectivity index (χ3n) is 6.40. The number of hydrazine groups is 3. The van der Waals surface area contributed by atoms with Gasteiger partial charge in [0, 0.05) is 26.9 Å². The Morgan fingerprint density at radius 3 is 2.23 bits per heavy atom. The van der Waals surface area contributed by atoms with Gasteiger partial charge in [-0.15, -0.1) is 0 Å². The van der Waals surface area contributed by atoms with Crippen LogP contribution in [0.4, 0.5) is 32.0 Å². The highest BCUT2D eigenvalue weighted by atomic mass is 19.4. The monoisotopic (exact) mass is 559 g/mol. The van der Waals surface area contributed by atoms with Crippen molar-refractivity contribution in [1.29, 1.82) is 0 Å². The first-order valence-corrected chi connectivity index (χ1v) is 11.9. The first kappa shape index (κ1) is 28.6. The van der Waals surface area contributed by atoms with E-state index >= 15 is 0 Å². The standard InChI is InChI=1S/C24H27F6N7O2/c1-37(2)15-6-9-18(31-13-15)17-12-22(24(28,29)30,32-21(38)19(17)20-33-35-36-34-20)14-4-7-16(8-5-14)39-11-3-10-23(25,26)27/h4-9,13,20,33-36H,3,10-12H2,1-2H3,(H,32,38)/t22-/m0/s1. The van der Waals surface area contributed by atoms with Crippen molar-refractivity contribution in [3.63, 3.8) is 0 Å². The summed E-state index contributed by atoms with van der Waals surface area (Å²) in [6.45, 7) is -0.256. The number of benzene rings is 1. The van der Waals surface area contributed by atoms with Gasteiger partial charge in [-0.3, -0.25) is 9.78 Å². The lowest BCUT2D eigenvalue weighted by Gasteiger charge is -2.42. The third-order valence-corrected chi connectivity index (χ3v) is 6.40. The van der Waals surface area contributed by atoms with Gasteiger partial charge in [-0.2, -0.15) is 37.4 Å². The average molecular weight is 560 g/mol. The highest BCUT2D eigenvalue weighted by Gasteiger charge is 2.60. The minimum absolute atomic E-state index is 0.0158. The molecular weight excluding hydrogens is 532 g/mol. The van der Waals surface area contributed by atoms with Crippen molar-refractivity contribution in [2.45, 2.75) is 43.3 Å². The number of aromatic nitrogens is 1. The fourth-order valence-corrected chi connectivity index (χ4v) is 4.37. The molecule has 3 heterocycles. The molecule has 2 aromatic rings. The van der Waals surface area contributed by atoms with E-state index in [0.717, 1.165) is 17.8 Å². The molecule has 1 fully saturated rings. The van der Waals surface area contributed by atoms with Gasteiger partial charge in [-0.1, -0.05) is 12.1 Å². The molecular formula is C24H27F6N7O2. The van der Waals surface area contributed by atoms with Crippen molar-refractivity contribution in [2.75, 3.05) is 25.6 Å². The molecule has 0 spiro atoms.